The van der Waals surface area contributed by atoms with Crippen molar-refractivity contribution in [3.8, 4) is 0 Å². The number of aromatic nitrogens is 1. The number of carbonyl (C=O) groups excluding carboxylic acids is 1. The molecule has 0 aromatic carbocycles. The summed E-state index contributed by atoms with van der Waals surface area (Å²) in [5.41, 5.74) is 2.10. The Kier molecular flexibility index (Phi) is 2.42. The number of pyridine rings is 1. The Bertz CT molecular complexity index is 273. The van der Waals surface area contributed by atoms with E-state index < -0.39 is 0 Å². The van der Waals surface area contributed by atoms with Crippen molar-refractivity contribution in [3.05, 3.63) is 24.0 Å². The molecule has 0 amide bonds. The number of ketones is 1. The Labute approximate surface area is 67.1 Å². The molecule has 0 radical (unpaired) electrons. The SMILES string of the molecule is Bc1cncc(CC(C)=O)c1. The van der Waals surface area contributed by atoms with Gasteiger partial charge in [0.25, 0.3) is 0 Å². The molecule has 0 aliphatic heterocycles. The van der Waals surface area contributed by atoms with Gasteiger partial charge in [-0.1, -0.05) is 11.5 Å². The molecular weight excluding hydrogens is 137 g/mol. The van der Waals surface area contributed by atoms with Crippen molar-refractivity contribution in [2.24, 2.45) is 0 Å². The van der Waals surface area contributed by atoms with Gasteiger partial charge in [0, 0.05) is 18.8 Å². The first-order valence-electron chi connectivity index (χ1n) is 3.58. The Balaban J connectivity index is 2.79. The first kappa shape index (κ1) is 7.99. The molecule has 0 saturated carbocycles. The summed E-state index contributed by atoms with van der Waals surface area (Å²) in [6, 6.07) is 1.98. The average Bonchev–Trinajstić information content (AvgIpc) is 1.85. The highest BCUT2D eigenvalue weighted by atomic mass is 16.1. The third kappa shape index (κ3) is 2.54. The highest BCUT2D eigenvalue weighted by molar-refractivity contribution is 6.32. The first-order chi connectivity index (χ1) is 5.18. The standard InChI is InChI=1S/C8H10BNO/c1-6(11)2-7-3-8(9)5-10-4-7/h3-5H,2,9H2,1H3. The molecule has 0 atom stereocenters. The van der Waals surface area contributed by atoms with Crippen LogP contribution in [-0.2, 0) is 11.2 Å². The van der Waals surface area contributed by atoms with E-state index in [1.165, 1.54) is 0 Å². The zero-order chi connectivity index (χ0) is 8.27. The van der Waals surface area contributed by atoms with Crippen molar-refractivity contribution in [2.45, 2.75) is 13.3 Å². The van der Waals surface area contributed by atoms with Gasteiger partial charge < -0.3 is 0 Å². The Hall–Kier alpha value is -1.12. The van der Waals surface area contributed by atoms with Gasteiger partial charge in [-0.15, -0.1) is 0 Å². The van der Waals surface area contributed by atoms with Gasteiger partial charge in [-0.25, -0.2) is 0 Å². The minimum Gasteiger partial charge on any atom is -0.300 e. The summed E-state index contributed by atoms with van der Waals surface area (Å²) in [4.78, 5) is 14.7. The summed E-state index contributed by atoms with van der Waals surface area (Å²) in [5.74, 6) is 0.178. The summed E-state index contributed by atoms with van der Waals surface area (Å²) < 4.78 is 0. The zero-order valence-electron chi connectivity index (χ0n) is 6.79. The van der Waals surface area contributed by atoms with Gasteiger partial charge in [0.2, 0.25) is 0 Å². The summed E-state index contributed by atoms with van der Waals surface area (Å²) >= 11 is 0. The molecule has 1 aromatic rings. The molecule has 0 N–H and O–H groups in total. The van der Waals surface area contributed by atoms with Crippen LogP contribution in [0.4, 0.5) is 0 Å². The van der Waals surface area contributed by atoms with Gasteiger partial charge in [-0.2, -0.15) is 0 Å². The molecule has 0 fully saturated rings. The molecule has 0 aliphatic rings. The summed E-state index contributed by atoms with van der Waals surface area (Å²) in [6.45, 7) is 1.59. The molecule has 0 saturated heterocycles. The molecule has 0 spiro atoms. The minimum absolute atomic E-state index is 0.178. The summed E-state index contributed by atoms with van der Waals surface area (Å²) in [6.07, 6.45) is 4.01. The molecule has 1 rings (SSSR count). The van der Waals surface area contributed by atoms with Crippen molar-refractivity contribution < 1.29 is 4.79 Å². The predicted molar refractivity (Wildman–Crippen MR) is 46.8 cm³/mol. The maximum absolute atomic E-state index is 10.7. The normalized spacial score (nSPS) is 9.55. The van der Waals surface area contributed by atoms with Crippen molar-refractivity contribution in [1.29, 1.82) is 0 Å². The number of rotatable bonds is 2. The highest BCUT2D eigenvalue weighted by Gasteiger charge is 1.96. The van der Waals surface area contributed by atoms with Crippen LogP contribution in [0.3, 0.4) is 0 Å². The van der Waals surface area contributed by atoms with Crippen LogP contribution in [0.2, 0.25) is 0 Å². The largest absolute Gasteiger partial charge is 0.300 e. The maximum atomic E-state index is 10.7. The van der Waals surface area contributed by atoms with Crippen LogP contribution >= 0.6 is 0 Å². The number of hydrogen-bond acceptors (Lipinski definition) is 2. The second-order valence-electron chi connectivity index (χ2n) is 2.75. The topological polar surface area (TPSA) is 30.0 Å². The van der Waals surface area contributed by atoms with E-state index >= 15 is 0 Å². The van der Waals surface area contributed by atoms with Gasteiger partial charge in [0.1, 0.15) is 13.6 Å². The molecule has 1 heterocycles. The molecule has 11 heavy (non-hydrogen) atoms. The Morgan fingerprint density at radius 1 is 1.64 bits per heavy atom. The smallest absolute Gasteiger partial charge is 0.141 e. The molecule has 0 bridgehead atoms. The first-order valence-corrected chi connectivity index (χ1v) is 3.58. The van der Waals surface area contributed by atoms with Crippen LogP contribution in [-0.4, -0.2) is 18.6 Å². The summed E-state index contributed by atoms with van der Waals surface area (Å²) in [7, 11) is 1.97. The van der Waals surface area contributed by atoms with Crippen LogP contribution in [0.5, 0.6) is 0 Å². The van der Waals surface area contributed by atoms with Crippen LogP contribution in [0, 0.1) is 0 Å². The fourth-order valence-electron chi connectivity index (χ4n) is 1.00. The quantitative estimate of drug-likeness (QED) is 0.526. The maximum Gasteiger partial charge on any atom is 0.141 e. The summed E-state index contributed by atoms with van der Waals surface area (Å²) in [5, 5.41) is 0. The van der Waals surface area contributed by atoms with Gasteiger partial charge in [-0.05, 0) is 12.5 Å². The van der Waals surface area contributed by atoms with Gasteiger partial charge >= 0.3 is 0 Å². The second kappa shape index (κ2) is 3.33. The molecular formula is C8H10BNO. The third-order valence-electron chi connectivity index (χ3n) is 1.38. The lowest BCUT2D eigenvalue weighted by atomic mass is 9.96. The number of nitrogens with zero attached hydrogens (tertiary/aromatic N) is 1. The van der Waals surface area contributed by atoms with Gasteiger partial charge in [0.15, 0.2) is 0 Å². The molecule has 1 aromatic heterocycles. The fraction of sp³-hybridized carbons (Fsp3) is 0.250. The number of hydrogen-bond donors (Lipinski definition) is 0. The molecule has 2 nitrogen and oxygen atoms in total. The molecule has 0 unspecified atom stereocenters. The van der Waals surface area contributed by atoms with Gasteiger partial charge in [0.05, 0.1) is 0 Å². The molecule has 3 heteroatoms. The molecule has 0 aliphatic carbocycles. The minimum atomic E-state index is 0.178. The Morgan fingerprint density at radius 3 is 2.91 bits per heavy atom. The Morgan fingerprint density at radius 2 is 2.36 bits per heavy atom. The van der Waals surface area contributed by atoms with Crippen molar-refractivity contribution in [2.75, 3.05) is 0 Å². The van der Waals surface area contributed by atoms with Crippen LogP contribution in [0.15, 0.2) is 18.5 Å². The van der Waals surface area contributed by atoms with E-state index in [1.807, 2.05) is 13.9 Å². The monoisotopic (exact) mass is 147 g/mol. The predicted octanol–water partition coefficient (Wildman–Crippen LogP) is -0.528. The van der Waals surface area contributed by atoms with Gasteiger partial charge in [-0.3, -0.25) is 9.78 Å². The van der Waals surface area contributed by atoms with E-state index in [2.05, 4.69) is 4.98 Å². The lowest BCUT2D eigenvalue weighted by Crippen LogP contribution is -2.06. The zero-order valence-corrected chi connectivity index (χ0v) is 6.79. The van der Waals surface area contributed by atoms with E-state index in [4.69, 9.17) is 0 Å². The third-order valence-corrected chi connectivity index (χ3v) is 1.38. The number of carbonyl (C=O) groups is 1. The van der Waals surface area contributed by atoms with E-state index in [-0.39, 0.29) is 5.78 Å². The fourth-order valence-corrected chi connectivity index (χ4v) is 1.00. The van der Waals surface area contributed by atoms with Crippen molar-refractivity contribution in [1.82, 2.24) is 4.98 Å². The van der Waals surface area contributed by atoms with Crippen LogP contribution in [0.25, 0.3) is 0 Å². The van der Waals surface area contributed by atoms with Crippen LogP contribution < -0.4 is 5.46 Å². The van der Waals surface area contributed by atoms with Crippen LogP contribution in [0.1, 0.15) is 12.5 Å². The molecule has 56 valence electrons. The number of Topliss-reactive ketones (excluding diaryl/α,β-unsaturated/α-hetero) is 1. The second-order valence-corrected chi connectivity index (χ2v) is 2.75. The van der Waals surface area contributed by atoms with Crippen molar-refractivity contribution in [3.63, 3.8) is 0 Å². The van der Waals surface area contributed by atoms with E-state index in [1.54, 1.807) is 19.3 Å². The lowest BCUT2D eigenvalue weighted by molar-refractivity contribution is -0.116. The van der Waals surface area contributed by atoms with E-state index in [9.17, 15) is 4.79 Å². The van der Waals surface area contributed by atoms with Crippen molar-refractivity contribution >= 4 is 19.1 Å². The lowest BCUT2D eigenvalue weighted by Gasteiger charge is -1.97. The van der Waals surface area contributed by atoms with E-state index in [0.717, 1.165) is 11.0 Å². The highest BCUT2D eigenvalue weighted by Crippen LogP contribution is 1.94. The average molecular weight is 147 g/mol. The van der Waals surface area contributed by atoms with E-state index in [0.29, 0.717) is 6.42 Å².